The van der Waals surface area contributed by atoms with Crippen LogP contribution < -0.4 is 9.47 Å². The highest BCUT2D eigenvalue weighted by Crippen LogP contribution is 2.51. The van der Waals surface area contributed by atoms with Crippen molar-refractivity contribution in [3.05, 3.63) is 22.2 Å². The Morgan fingerprint density at radius 1 is 1.41 bits per heavy atom. The monoisotopic (exact) mass is 323 g/mol. The van der Waals surface area contributed by atoms with E-state index in [4.69, 9.17) is 21.1 Å². The Labute approximate surface area is 136 Å². The number of likely N-dealkylation sites (tertiary alicyclic amines) is 1. The summed E-state index contributed by atoms with van der Waals surface area (Å²) in [7, 11) is 0. The van der Waals surface area contributed by atoms with Crippen LogP contribution in [0.25, 0.3) is 0 Å². The zero-order chi connectivity index (χ0) is 15.3. The summed E-state index contributed by atoms with van der Waals surface area (Å²) in [6.07, 6.45) is 3.73. The number of nitrogens with zero attached hydrogens (tertiary/aromatic N) is 1. The van der Waals surface area contributed by atoms with Crippen LogP contribution in [0, 0.1) is 5.92 Å². The molecule has 0 radical (unpaired) electrons. The van der Waals surface area contributed by atoms with Crippen LogP contribution in [0.1, 0.15) is 43.4 Å². The largest absolute Gasteiger partial charge is 0.454 e. The molecule has 1 aliphatic carbocycles. The van der Waals surface area contributed by atoms with Crippen LogP contribution in [-0.4, -0.2) is 35.9 Å². The average Bonchev–Trinajstić information content (AvgIpc) is 2.96. The molecule has 3 unspecified atom stereocenters. The van der Waals surface area contributed by atoms with Crippen LogP contribution in [0.15, 0.2) is 6.07 Å². The van der Waals surface area contributed by atoms with E-state index in [0.717, 1.165) is 49.9 Å². The highest BCUT2D eigenvalue weighted by atomic mass is 35.5. The average molecular weight is 324 g/mol. The van der Waals surface area contributed by atoms with Gasteiger partial charge in [-0.2, -0.15) is 0 Å². The van der Waals surface area contributed by atoms with Crippen molar-refractivity contribution in [2.75, 3.05) is 19.9 Å². The Morgan fingerprint density at radius 3 is 3.09 bits per heavy atom. The van der Waals surface area contributed by atoms with Crippen LogP contribution in [0.3, 0.4) is 0 Å². The fourth-order valence-electron chi connectivity index (χ4n) is 4.39. The number of rotatable bonds is 2. The predicted molar refractivity (Wildman–Crippen MR) is 84.6 cm³/mol. The minimum absolute atomic E-state index is 0.213. The normalized spacial score (nSPS) is 30.0. The van der Waals surface area contributed by atoms with Crippen molar-refractivity contribution in [2.45, 2.75) is 44.8 Å². The van der Waals surface area contributed by atoms with Crippen LogP contribution in [0.5, 0.6) is 11.5 Å². The van der Waals surface area contributed by atoms with E-state index in [2.05, 4.69) is 11.8 Å². The zero-order valence-electron chi connectivity index (χ0n) is 12.8. The highest BCUT2D eigenvalue weighted by Gasteiger charge is 2.44. The molecule has 0 spiro atoms. The predicted octanol–water partition coefficient (Wildman–Crippen LogP) is 3.15. The third-order valence-electron chi connectivity index (χ3n) is 5.33. The molecule has 3 atom stereocenters. The van der Waals surface area contributed by atoms with Gasteiger partial charge in [-0.1, -0.05) is 18.5 Å². The van der Waals surface area contributed by atoms with Crippen LogP contribution in [-0.2, 0) is 6.42 Å². The van der Waals surface area contributed by atoms with Gasteiger partial charge in [-0.15, -0.1) is 0 Å². The quantitative estimate of drug-likeness (QED) is 0.908. The summed E-state index contributed by atoms with van der Waals surface area (Å²) in [6, 6.07) is 2.22. The lowest BCUT2D eigenvalue weighted by Gasteiger charge is -2.47. The van der Waals surface area contributed by atoms with Gasteiger partial charge in [0, 0.05) is 28.6 Å². The Hall–Kier alpha value is -0.970. The third kappa shape index (κ3) is 2.12. The lowest BCUT2D eigenvalue weighted by atomic mass is 9.73. The molecule has 0 amide bonds. The van der Waals surface area contributed by atoms with E-state index in [1.54, 1.807) is 0 Å². The Bertz CT molecular complexity index is 590. The number of benzene rings is 1. The highest BCUT2D eigenvalue weighted by molar-refractivity contribution is 6.31. The van der Waals surface area contributed by atoms with E-state index in [1.165, 1.54) is 0 Å². The SMILES string of the molecule is CCCN1CCCC2C(O)c3c(c(Cl)cc4c3OCO4)CC21. The second-order valence-corrected chi connectivity index (χ2v) is 6.95. The van der Waals surface area contributed by atoms with Gasteiger partial charge in [-0.3, -0.25) is 4.90 Å². The van der Waals surface area contributed by atoms with Crippen molar-refractivity contribution in [1.82, 2.24) is 4.90 Å². The van der Waals surface area contributed by atoms with Crippen molar-refractivity contribution in [2.24, 2.45) is 5.92 Å². The number of fused-ring (bicyclic) bond motifs is 4. The fraction of sp³-hybridized carbons (Fsp3) is 0.647. The standard InChI is InChI=1S/C17H22ClNO3/c1-2-5-19-6-3-4-10-13(19)7-11-12(18)8-14-17(22-9-21-14)15(11)16(10)20/h8,10,13,16,20H,2-7,9H2,1H3. The molecule has 1 saturated heterocycles. The van der Waals surface area contributed by atoms with Crippen molar-refractivity contribution >= 4 is 11.6 Å². The number of hydrogen-bond acceptors (Lipinski definition) is 4. The molecular weight excluding hydrogens is 302 g/mol. The van der Waals surface area contributed by atoms with Crippen molar-refractivity contribution in [1.29, 1.82) is 0 Å². The van der Waals surface area contributed by atoms with Gasteiger partial charge in [0.1, 0.15) is 0 Å². The molecule has 3 aliphatic rings. The van der Waals surface area contributed by atoms with Gasteiger partial charge in [-0.05, 0) is 44.3 Å². The van der Waals surface area contributed by atoms with Gasteiger partial charge in [0.15, 0.2) is 11.5 Å². The van der Waals surface area contributed by atoms with Crippen LogP contribution in [0.4, 0.5) is 0 Å². The second kappa shape index (κ2) is 5.59. The van der Waals surface area contributed by atoms with Gasteiger partial charge in [0.25, 0.3) is 0 Å². The van der Waals surface area contributed by atoms with E-state index in [9.17, 15) is 5.11 Å². The molecule has 2 heterocycles. The zero-order valence-corrected chi connectivity index (χ0v) is 13.6. The Kier molecular flexibility index (Phi) is 3.71. The smallest absolute Gasteiger partial charge is 0.231 e. The molecule has 120 valence electrons. The number of halogens is 1. The first kappa shape index (κ1) is 14.6. The molecular formula is C17H22ClNO3. The topological polar surface area (TPSA) is 41.9 Å². The fourth-order valence-corrected chi connectivity index (χ4v) is 4.67. The summed E-state index contributed by atoms with van der Waals surface area (Å²) in [6.45, 7) is 4.64. The molecule has 0 bridgehead atoms. The minimum atomic E-state index is -0.512. The second-order valence-electron chi connectivity index (χ2n) is 6.54. The van der Waals surface area contributed by atoms with E-state index in [1.807, 2.05) is 6.07 Å². The number of aliphatic hydroxyl groups excluding tert-OH is 1. The molecule has 2 aliphatic heterocycles. The van der Waals surface area contributed by atoms with Gasteiger partial charge < -0.3 is 14.6 Å². The molecule has 22 heavy (non-hydrogen) atoms. The van der Waals surface area contributed by atoms with Gasteiger partial charge >= 0.3 is 0 Å². The summed E-state index contributed by atoms with van der Waals surface area (Å²) < 4.78 is 11.1. The maximum Gasteiger partial charge on any atom is 0.231 e. The Morgan fingerprint density at radius 2 is 2.27 bits per heavy atom. The molecule has 0 aromatic heterocycles. The first-order chi connectivity index (χ1) is 10.7. The number of ether oxygens (including phenoxy) is 2. The maximum absolute atomic E-state index is 11.0. The summed E-state index contributed by atoms with van der Waals surface area (Å²) in [4.78, 5) is 2.53. The minimum Gasteiger partial charge on any atom is -0.454 e. The Balaban J connectivity index is 1.78. The van der Waals surface area contributed by atoms with E-state index in [-0.39, 0.29) is 12.7 Å². The van der Waals surface area contributed by atoms with Crippen molar-refractivity contribution in [3.8, 4) is 11.5 Å². The van der Waals surface area contributed by atoms with E-state index < -0.39 is 6.10 Å². The molecule has 5 heteroatoms. The summed E-state index contributed by atoms with van der Waals surface area (Å²) in [5, 5.41) is 11.7. The summed E-state index contributed by atoms with van der Waals surface area (Å²) >= 11 is 6.48. The van der Waals surface area contributed by atoms with E-state index in [0.29, 0.717) is 22.6 Å². The van der Waals surface area contributed by atoms with Crippen molar-refractivity contribution in [3.63, 3.8) is 0 Å². The lowest BCUT2D eigenvalue weighted by molar-refractivity contribution is -0.00780. The van der Waals surface area contributed by atoms with Crippen LogP contribution >= 0.6 is 11.6 Å². The number of piperidine rings is 1. The van der Waals surface area contributed by atoms with Gasteiger partial charge in [-0.25, -0.2) is 0 Å². The molecule has 1 fully saturated rings. The molecule has 1 N–H and O–H groups in total. The van der Waals surface area contributed by atoms with E-state index >= 15 is 0 Å². The molecule has 1 aromatic rings. The molecule has 4 nitrogen and oxygen atoms in total. The first-order valence-electron chi connectivity index (χ1n) is 8.23. The third-order valence-corrected chi connectivity index (χ3v) is 5.67. The maximum atomic E-state index is 11.0. The number of hydrogen-bond donors (Lipinski definition) is 1. The summed E-state index contributed by atoms with van der Waals surface area (Å²) in [5.41, 5.74) is 1.92. The van der Waals surface area contributed by atoms with Crippen LogP contribution in [0.2, 0.25) is 5.02 Å². The molecule has 4 rings (SSSR count). The first-order valence-corrected chi connectivity index (χ1v) is 8.61. The molecule has 1 aromatic carbocycles. The van der Waals surface area contributed by atoms with Gasteiger partial charge in [0.2, 0.25) is 6.79 Å². The van der Waals surface area contributed by atoms with Crippen molar-refractivity contribution < 1.29 is 14.6 Å². The lowest BCUT2D eigenvalue weighted by Crippen LogP contribution is -2.50. The summed E-state index contributed by atoms with van der Waals surface area (Å²) in [5.74, 6) is 1.64. The number of aliphatic hydroxyl groups is 1. The molecule has 0 saturated carbocycles. The van der Waals surface area contributed by atoms with Gasteiger partial charge in [0.05, 0.1) is 6.10 Å².